The summed E-state index contributed by atoms with van der Waals surface area (Å²) in [6.07, 6.45) is 2.81. The number of hydrazone groups is 1. The van der Waals surface area contributed by atoms with Crippen molar-refractivity contribution in [3.8, 4) is 17.2 Å². The Morgan fingerprint density at radius 1 is 0.896 bits per heavy atom. The number of nitrogens with zero attached hydrogens (tertiary/aromatic N) is 4. The van der Waals surface area contributed by atoms with Crippen LogP contribution in [0.4, 0.5) is 17.1 Å². The standard InChI is InChI=1S/C33H29ClN6O8/c1-4-47-31-18-22(11-15-30(31)48-29-16-14-24(39(43)44)19-28(29)40(45)46)20-35-37-33(42)27(17-21-9-12-23(13-10-21)38(2)3)36-32(41)25-7-5-6-8-26(25)34/h5-20H,4H2,1-3H3,(H,36,41)(H,37,42)/b27-17+,35-20+. The molecule has 0 aromatic heterocycles. The minimum atomic E-state index is -0.787. The van der Waals surface area contributed by atoms with Crippen LogP contribution in [-0.4, -0.2) is 48.6 Å². The first-order chi connectivity index (χ1) is 23.0. The highest BCUT2D eigenvalue weighted by molar-refractivity contribution is 6.34. The van der Waals surface area contributed by atoms with Gasteiger partial charge in [0.2, 0.25) is 5.75 Å². The van der Waals surface area contributed by atoms with Gasteiger partial charge in [-0.05, 0) is 72.7 Å². The molecule has 0 heterocycles. The van der Waals surface area contributed by atoms with Gasteiger partial charge in [0.1, 0.15) is 5.70 Å². The van der Waals surface area contributed by atoms with Crippen molar-refractivity contribution in [2.75, 3.05) is 25.6 Å². The second kappa shape index (κ2) is 15.8. The maximum atomic E-state index is 13.3. The lowest BCUT2D eigenvalue weighted by molar-refractivity contribution is -0.394. The van der Waals surface area contributed by atoms with Gasteiger partial charge in [-0.3, -0.25) is 29.8 Å². The number of carbonyl (C=O) groups excluding carboxylic acids is 2. The van der Waals surface area contributed by atoms with E-state index >= 15 is 0 Å². The molecule has 2 N–H and O–H groups in total. The molecule has 15 heteroatoms. The monoisotopic (exact) mass is 672 g/mol. The summed E-state index contributed by atoms with van der Waals surface area (Å²) in [5.41, 5.74) is 3.45. The molecule has 4 rings (SSSR count). The number of hydrogen-bond acceptors (Lipinski definition) is 10. The minimum absolute atomic E-state index is 0.0990. The summed E-state index contributed by atoms with van der Waals surface area (Å²) in [6.45, 7) is 1.93. The first-order valence-corrected chi connectivity index (χ1v) is 14.6. The molecule has 4 aromatic rings. The highest BCUT2D eigenvalue weighted by atomic mass is 35.5. The topological polar surface area (TPSA) is 179 Å². The average Bonchev–Trinajstić information content (AvgIpc) is 3.06. The Labute approximate surface area is 279 Å². The number of hydrogen-bond donors (Lipinski definition) is 2. The molecule has 0 aliphatic heterocycles. The van der Waals surface area contributed by atoms with Crippen LogP contribution in [0.15, 0.2) is 95.7 Å². The summed E-state index contributed by atoms with van der Waals surface area (Å²) in [4.78, 5) is 49.3. The van der Waals surface area contributed by atoms with Gasteiger partial charge in [0, 0.05) is 25.8 Å². The van der Waals surface area contributed by atoms with Gasteiger partial charge in [-0.15, -0.1) is 0 Å². The van der Waals surface area contributed by atoms with Crippen molar-refractivity contribution in [3.05, 3.63) is 133 Å². The molecule has 0 fully saturated rings. The lowest BCUT2D eigenvalue weighted by atomic mass is 10.1. The van der Waals surface area contributed by atoms with E-state index in [0.717, 1.165) is 23.9 Å². The van der Waals surface area contributed by atoms with E-state index in [1.54, 1.807) is 43.3 Å². The lowest BCUT2D eigenvalue weighted by Crippen LogP contribution is -2.33. The van der Waals surface area contributed by atoms with Gasteiger partial charge in [-0.25, -0.2) is 5.43 Å². The van der Waals surface area contributed by atoms with Crippen LogP contribution >= 0.6 is 11.6 Å². The molecule has 0 bridgehead atoms. The van der Waals surface area contributed by atoms with Gasteiger partial charge in [-0.1, -0.05) is 35.9 Å². The summed E-state index contributed by atoms with van der Waals surface area (Å²) in [7, 11) is 3.79. The third kappa shape index (κ3) is 8.92. The van der Waals surface area contributed by atoms with Crippen molar-refractivity contribution in [1.29, 1.82) is 0 Å². The number of nitro groups is 2. The van der Waals surface area contributed by atoms with E-state index in [1.165, 1.54) is 30.5 Å². The van der Waals surface area contributed by atoms with Crippen LogP contribution in [0.5, 0.6) is 17.2 Å². The van der Waals surface area contributed by atoms with E-state index in [4.69, 9.17) is 21.1 Å². The average molecular weight is 673 g/mol. The summed E-state index contributed by atoms with van der Waals surface area (Å²) < 4.78 is 11.4. The third-order valence-corrected chi connectivity index (χ3v) is 6.88. The number of ether oxygens (including phenoxy) is 2. The zero-order chi connectivity index (χ0) is 34.8. The molecule has 0 atom stereocenters. The molecule has 0 saturated carbocycles. The van der Waals surface area contributed by atoms with Crippen molar-refractivity contribution in [2.45, 2.75) is 6.92 Å². The Morgan fingerprint density at radius 3 is 2.23 bits per heavy atom. The number of nitrogens with one attached hydrogen (secondary N) is 2. The molecule has 0 saturated heterocycles. The van der Waals surface area contributed by atoms with E-state index < -0.39 is 33.0 Å². The smallest absolute Gasteiger partial charge is 0.318 e. The largest absolute Gasteiger partial charge is 0.490 e. The molecular weight excluding hydrogens is 644 g/mol. The van der Waals surface area contributed by atoms with Gasteiger partial charge < -0.3 is 19.7 Å². The third-order valence-electron chi connectivity index (χ3n) is 6.55. The maximum absolute atomic E-state index is 13.3. The summed E-state index contributed by atoms with van der Waals surface area (Å²) in [6, 6.07) is 21.3. The van der Waals surface area contributed by atoms with Crippen LogP contribution in [0.2, 0.25) is 5.02 Å². The van der Waals surface area contributed by atoms with Gasteiger partial charge in [0.05, 0.1) is 39.3 Å². The van der Waals surface area contributed by atoms with Gasteiger partial charge in [0.15, 0.2) is 11.5 Å². The molecule has 0 spiro atoms. The second-order valence-corrected chi connectivity index (χ2v) is 10.5. The highest BCUT2D eigenvalue weighted by Gasteiger charge is 2.22. The molecule has 14 nitrogen and oxygen atoms in total. The van der Waals surface area contributed by atoms with Crippen molar-refractivity contribution in [1.82, 2.24) is 10.7 Å². The number of amides is 2. The first-order valence-electron chi connectivity index (χ1n) is 14.2. The molecular formula is C33H29ClN6O8. The Kier molecular flexibility index (Phi) is 11.4. The van der Waals surface area contributed by atoms with Gasteiger partial charge in [-0.2, -0.15) is 5.10 Å². The van der Waals surface area contributed by atoms with Crippen LogP contribution in [0.3, 0.4) is 0 Å². The quantitative estimate of drug-likeness (QED) is 0.0710. The van der Waals surface area contributed by atoms with Crippen molar-refractivity contribution in [3.63, 3.8) is 0 Å². The number of nitro benzene ring substituents is 2. The summed E-state index contributed by atoms with van der Waals surface area (Å²) >= 11 is 6.19. The number of rotatable bonds is 13. The van der Waals surface area contributed by atoms with Gasteiger partial charge in [0.25, 0.3) is 17.5 Å². The molecule has 246 valence electrons. The number of non-ortho nitro benzene ring substituents is 1. The highest BCUT2D eigenvalue weighted by Crippen LogP contribution is 2.38. The maximum Gasteiger partial charge on any atom is 0.318 e. The molecule has 48 heavy (non-hydrogen) atoms. The molecule has 2 amide bonds. The molecule has 0 unspecified atom stereocenters. The van der Waals surface area contributed by atoms with Crippen molar-refractivity contribution < 1.29 is 28.9 Å². The molecule has 0 aliphatic rings. The predicted molar refractivity (Wildman–Crippen MR) is 181 cm³/mol. The van der Waals surface area contributed by atoms with Crippen LogP contribution in [0.1, 0.15) is 28.4 Å². The number of benzene rings is 4. The van der Waals surface area contributed by atoms with E-state index in [-0.39, 0.29) is 40.1 Å². The van der Waals surface area contributed by atoms with E-state index in [2.05, 4.69) is 15.8 Å². The molecule has 0 radical (unpaired) electrons. The Bertz CT molecular complexity index is 1910. The lowest BCUT2D eigenvalue weighted by Gasteiger charge is -2.13. The first kappa shape index (κ1) is 34.6. The van der Waals surface area contributed by atoms with Crippen molar-refractivity contribution >= 4 is 52.8 Å². The second-order valence-electron chi connectivity index (χ2n) is 10.1. The van der Waals surface area contributed by atoms with Crippen LogP contribution in [0.25, 0.3) is 6.08 Å². The minimum Gasteiger partial charge on any atom is -0.490 e. The van der Waals surface area contributed by atoms with Crippen molar-refractivity contribution in [2.24, 2.45) is 5.10 Å². The fourth-order valence-corrected chi connectivity index (χ4v) is 4.40. The molecule has 4 aromatic carbocycles. The number of carbonyl (C=O) groups is 2. The zero-order valence-electron chi connectivity index (χ0n) is 25.9. The predicted octanol–water partition coefficient (Wildman–Crippen LogP) is 6.33. The summed E-state index contributed by atoms with van der Waals surface area (Å²) in [5.74, 6) is -1.26. The fraction of sp³-hybridized carbons (Fsp3) is 0.121. The van der Waals surface area contributed by atoms with Crippen LogP contribution in [-0.2, 0) is 4.79 Å². The SMILES string of the molecule is CCOc1cc(/C=N/NC(=O)/C(=C\c2ccc(N(C)C)cc2)NC(=O)c2ccccc2Cl)ccc1Oc1ccc([N+](=O)[O-])cc1[N+](=O)[O-]. The fourth-order valence-electron chi connectivity index (χ4n) is 4.18. The van der Waals surface area contributed by atoms with E-state index in [9.17, 15) is 29.8 Å². The normalized spacial score (nSPS) is 11.1. The Hall–Kier alpha value is -6.28. The zero-order valence-corrected chi connectivity index (χ0v) is 26.6. The van der Waals surface area contributed by atoms with E-state index in [0.29, 0.717) is 11.1 Å². The van der Waals surface area contributed by atoms with Gasteiger partial charge >= 0.3 is 5.69 Å². The summed E-state index contributed by atoms with van der Waals surface area (Å²) in [5, 5.41) is 29.5. The molecule has 0 aliphatic carbocycles. The number of anilines is 1. The Morgan fingerprint density at radius 2 is 1.58 bits per heavy atom. The van der Waals surface area contributed by atoms with Crippen LogP contribution in [0, 0.1) is 20.2 Å². The Balaban J connectivity index is 1.56. The number of halogens is 1. The van der Waals surface area contributed by atoms with Crippen LogP contribution < -0.4 is 25.1 Å². The van der Waals surface area contributed by atoms with E-state index in [1.807, 2.05) is 31.1 Å².